The molecule has 0 rings (SSSR count). The van der Waals surface area contributed by atoms with Crippen molar-refractivity contribution in [3.05, 3.63) is 12.3 Å². The van der Waals surface area contributed by atoms with Crippen LogP contribution in [0.2, 0.25) is 0 Å². The molecule has 78 valence electrons. The summed E-state index contributed by atoms with van der Waals surface area (Å²) in [6.07, 6.45) is 6.07. The highest BCUT2D eigenvalue weighted by molar-refractivity contribution is 8.77. The smallest absolute Gasteiger partial charge is 0.202 e. The molecule has 5 heteroatoms. The lowest BCUT2D eigenvalue weighted by atomic mass is 10.4. The molecule has 2 atom stereocenters. The zero-order valence-corrected chi connectivity index (χ0v) is 10.6. The van der Waals surface area contributed by atoms with Crippen molar-refractivity contribution in [2.24, 2.45) is 0 Å². The molecule has 0 fully saturated rings. The van der Waals surface area contributed by atoms with E-state index < -0.39 is 11.1 Å². The Morgan fingerprint density at radius 2 is 2.31 bits per heavy atom. The molecule has 0 heterocycles. The van der Waals surface area contributed by atoms with Crippen molar-refractivity contribution >= 4 is 32.7 Å². The summed E-state index contributed by atoms with van der Waals surface area (Å²) in [5.74, 6) is 0.895. The van der Waals surface area contributed by atoms with Gasteiger partial charge in [0.2, 0.25) is 11.1 Å². The summed E-state index contributed by atoms with van der Waals surface area (Å²) in [5, 5.41) is 0.694. The summed E-state index contributed by atoms with van der Waals surface area (Å²) in [7, 11) is 3.66. The van der Waals surface area contributed by atoms with E-state index in [-0.39, 0.29) is 0 Å². The fourth-order valence-electron chi connectivity index (χ4n) is 0.420. The Morgan fingerprint density at radius 3 is 2.85 bits per heavy atom. The molecular formula is C8H16O2S3. The van der Waals surface area contributed by atoms with Crippen LogP contribution < -0.4 is 0 Å². The summed E-state index contributed by atoms with van der Waals surface area (Å²) >= 11 is -1.18. The molecule has 0 aromatic rings. The molecule has 0 aliphatic heterocycles. The Kier molecular flexibility index (Phi) is 9.23. The third kappa shape index (κ3) is 10.3. The first-order valence-electron chi connectivity index (χ1n) is 4.10. The lowest BCUT2D eigenvalue weighted by molar-refractivity contribution is 0.510. The van der Waals surface area contributed by atoms with Crippen molar-refractivity contribution in [2.75, 3.05) is 12.0 Å². The van der Waals surface area contributed by atoms with E-state index in [9.17, 15) is 4.21 Å². The van der Waals surface area contributed by atoms with E-state index in [1.807, 2.05) is 16.9 Å². The maximum absolute atomic E-state index is 10.5. The van der Waals surface area contributed by atoms with Crippen LogP contribution in [0.3, 0.4) is 0 Å². The molecule has 0 saturated carbocycles. The Hall–Kier alpha value is 0.390. The first-order valence-corrected chi connectivity index (χ1v) is 7.97. The van der Waals surface area contributed by atoms with Gasteiger partial charge in [0.1, 0.15) is 6.26 Å². The molecular weight excluding hydrogens is 224 g/mol. The maximum Gasteiger partial charge on any atom is 0.202 e. The van der Waals surface area contributed by atoms with Crippen LogP contribution in [0.5, 0.6) is 0 Å². The van der Waals surface area contributed by atoms with Crippen molar-refractivity contribution in [1.82, 2.24) is 0 Å². The van der Waals surface area contributed by atoms with E-state index in [4.69, 9.17) is 4.18 Å². The van der Waals surface area contributed by atoms with Gasteiger partial charge in [-0.25, -0.2) is 4.21 Å². The molecule has 0 aromatic carbocycles. The highest BCUT2D eigenvalue weighted by Crippen LogP contribution is 2.27. The summed E-state index contributed by atoms with van der Waals surface area (Å²) < 4.78 is 15.2. The second-order valence-corrected chi connectivity index (χ2v) is 6.31. The molecule has 0 aromatic heterocycles. The van der Waals surface area contributed by atoms with E-state index in [0.29, 0.717) is 5.25 Å². The monoisotopic (exact) mass is 240 g/mol. The summed E-state index contributed by atoms with van der Waals surface area (Å²) in [6.45, 7) is 4.39. The van der Waals surface area contributed by atoms with Gasteiger partial charge >= 0.3 is 0 Å². The molecule has 0 aliphatic rings. The lowest BCUT2D eigenvalue weighted by Crippen LogP contribution is -1.88. The molecule has 0 amide bonds. The highest BCUT2D eigenvalue weighted by Gasteiger charge is 1.97. The van der Waals surface area contributed by atoms with Crippen molar-refractivity contribution in [3.8, 4) is 0 Å². The van der Waals surface area contributed by atoms with Gasteiger partial charge in [0, 0.05) is 17.3 Å². The molecule has 0 saturated heterocycles. The van der Waals surface area contributed by atoms with Crippen LogP contribution in [0.25, 0.3) is 0 Å². The Bertz CT molecular complexity index is 171. The maximum atomic E-state index is 10.5. The molecule has 0 spiro atoms. The van der Waals surface area contributed by atoms with Crippen molar-refractivity contribution in [1.29, 1.82) is 0 Å². The van der Waals surface area contributed by atoms with Gasteiger partial charge in [-0.3, -0.25) is 0 Å². The van der Waals surface area contributed by atoms with Gasteiger partial charge in [-0.1, -0.05) is 35.4 Å². The first kappa shape index (κ1) is 13.4. The second-order valence-electron chi connectivity index (χ2n) is 2.47. The third-order valence-corrected chi connectivity index (χ3v) is 4.57. The van der Waals surface area contributed by atoms with E-state index >= 15 is 0 Å². The van der Waals surface area contributed by atoms with E-state index in [1.54, 1.807) is 10.8 Å². The Labute approximate surface area is 90.9 Å². The van der Waals surface area contributed by atoms with E-state index in [0.717, 1.165) is 5.75 Å². The normalized spacial score (nSPS) is 15.9. The minimum Gasteiger partial charge on any atom is -0.409 e. The Morgan fingerprint density at radius 1 is 1.62 bits per heavy atom. The van der Waals surface area contributed by atoms with Crippen LogP contribution in [-0.4, -0.2) is 21.5 Å². The minimum absolute atomic E-state index is 0.694. The number of rotatable bonds is 7. The third-order valence-electron chi connectivity index (χ3n) is 1.26. The van der Waals surface area contributed by atoms with Crippen LogP contribution in [0.1, 0.15) is 20.3 Å². The van der Waals surface area contributed by atoms with Crippen molar-refractivity contribution in [3.63, 3.8) is 0 Å². The summed E-state index contributed by atoms with van der Waals surface area (Å²) in [5.41, 5.74) is 0. The highest BCUT2D eigenvalue weighted by atomic mass is 33.1. The average molecular weight is 240 g/mol. The predicted octanol–water partition coefficient (Wildman–Crippen LogP) is 2.99. The first-order chi connectivity index (χ1) is 6.16. The van der Waals surface area contributed by atoms with E-state index in [2.05, 4.69) is 13.8 Å². The van der Waals surface area contributed by atoms with Crippen LogP contribution >= 0.6 is 21.6 Å². The molecule has 0 bridgehead atoms. The molecule has 0 aliphatic carbocycles. The zero-order valence-electron chi connectivity index (χ0n) is 8.19. The number of hydrogen-bond donors (Lipinski definition) is 0. The fraction of sp³-hybridized carbons (Fsp3) is 0.750. The van der Waals surface area contributed by atoms with Crippen LogP contribution in [0.4, 0.5) is 0 Å². The van der Waals surface area contributed by atoms with Gasteiger partial charge < -0.3 is 4.18 Å². The molecule has 13 heavy (non-hydrogen) atoms. The van der Waals surface area contributed by atoms with Gasteiger partial charge in [-0.15, -0.1) is 0 Å². The van der Waals surface area contributed by atoms with Gasteiger partial charge in [-0.05, 0) is 12.5 Å². The quantitative estimate of drug-likeness (QED) is 0.388. The lowest BCUT2D eigenvalue weighted by Gasteiger charge is -2.04. The number of hydrogen-bond acceptors (Lipinski definition) is 4. The average Bonchev–Trinajstić information content (AvgIpc) is 2.10. The van der Waals surface area contributed by atoms with Crippen LogP contribution in [0.15, 0.2) is 12.3 Å². The van der Waals surface area contributed by atoms with Crippen LogP contribution in [-0.2, 0) is 15.3 Å². The second kappa shape index (κ2) is 8.97. The van der Waals surface area contributed by atoms with Crippen molar-refractivity contribution in [2.45, 2.75) is 25.5 Å². The standard InChI is InChI=1S/C8H16O2S3/c1-4-8(2)12-11-7-5-6-10-13(3)9/h5-6,8H,4,7H2,1-3H3/b6-5-. The zero-order chi connectivity index (χ0) is 10.1. The van der Waals surface area contributed by atoms with Crippen LogP contribution in [0, 0.1) is 0 Å². The molecule has 0 radical (unpaired) electrons. The predicted molar refractivity (Wildman–Crippen MR) is 64.1 cm³/mol. The summed E-state index contributed by atoms with van der Waals surface area (Å²) in [4.78, 5) is 0. The van der Waals surface area contributed by atoms with Gasteiger partial charge in [0.05, 0.1) is 0 Å². The van der Waals surface area contributed by atoms with Gasteiger partial charge in [0.25, 0.3) is 0 Å². The van der Waals surface area contributed by atoms with Crippen molar-refractivity contribution < 1.29 is 8.39 Å². The topological polar surface area (TPSA) is 26.3 Å². The molecule has 2 unspecified atom stereocenters. The SMILES string of the molecule is CCC(C)SSC/C=C\OS(C)=O. The fourth-order valence-corrected chi connectivity index (χ4v) is 2.84. The minimum atomic E-state index is -1.18. The van der Waals surface area contributed by atoms with Gasteiger partial charge in [-0.2, -0.15) is 0 Å². The molecule has 2 nitrogen and oxygen atoms in total. The largest absolute Gasteiger partial charge is 0.409 e. The summed E-state index contributed by atoms with van der Waals surface area (Å²) in [6, 6.07) is 0. The van der Waals surface area contributed by atoms with E-state index in [1.165, 1.54) is 18.9 Å². The molecule has 0 N–H and O–H groups in total. The Balaban J connectivity index is 3.25. The van der Waals surface area contributed by atoms with Gasteiger partial charge in [0.15, 0.2) is 0 Å².